The zero-order valence-electron chi connectivity index (χ0n) is 14.5. The van der Waals surface area contributed by atoms with Gasteiger partial charge in [0.15, 0.2) is 5.13 Å². The minimum atomic E-state index is -0.573. The molecule has 2 rings (SSSR count). The molecule has 0 aliphatic carbocycles. The van der Waals surface area contributed by atoms with E-state index in [1.165, 1.54) is 11.3 Å². The number of anilines is 1. The maximum absolute atomic E-state index is 12.4. The highest BCUT2D eigenvalue weighted by molar-refractivity contribution is 7.22. The van der Waals surface area contributed by atoms with Gasteiger partial charge in [-0.1, -0.05) is 30.4 Å². The first-order valence-electron chi connectivity index (χ1n) is 7.81. The summed E-state index contributed by atoms with van der Waals surface area (Å²) in [6, 6.07) is 7.33. The molecule has 2 amide bonds. The lowest BCUT2D eigenvalue weighted by Crippen LogP contribution is -2.44. The molecule has 0 unspecified atom stereocenters. The zero-order valence-corrected chi connectivity index (χ0v) is 15.4. The third-order valence-corrected chi connectivity index (χ3v) is 4.38. The average Bonchev–Trinajstić information content (AvgIpc) is 2.86. The van der Waals surface area contributed by atoms with E-state index in [0.29, 0.717) is 5.13 Å². The van der Waals surface area contributed by atoms with Crippen molar-refractivity contribution in [3.05, 3.63) is 24.3 Å². The predicted octanol–water partition coefficient (Wildman–Crippen LogP) is 3.78. The second-order valence-corrected chi connectivity index (χ2v) is 7.73. The van der Waals surface area contributed by atoms with E-state index >= 15 is 0 Å². The molecule has 2 atom stereocenters. The Kier molecular flexibility index (Phi) is 5.43. The predicted molar refractivity (Wildman–Crippen MR) is 96.2 cm³/mol. The van der Waals surface area contributed by atoms with Crippen molar-refractivity contribution in [1.29, 1.82) is 0 Å². The van der Waals surface area contributed by atoms with Crippen LogP contribution in [0.25, 0.3) is 10.2 Å². The lowest BCUT2D eigenvalue weighted by Gasteiger charge is -2.24. The molecule has 2 N–H and O–H groups in total. The maximum atomic E-state index is 12.4. The third kappa shape index (κ3) is 4.92. The van der Waals surface area contributed by atoms with Crippen molar-refractivity contribution < 1.29 is 14.3 Å². The van der Waals surface area contributed by atoms with E-state index < -0.39 is 17.6 Å². The molecule has 0 aliphatic heterocycles. The van der Waals surface area contributed by atoms with Crippen LogP contribution >= 0.6 is 11.3 Å². The molecule has 2 aromatic rings. The number of carbonyl (C=O) groups excluding carboxylic acids is 2. The summed E-state index contributed by atoms with van der Waals surface area (Å²) in [5.74, 6) is -0.623. The van der Waals surface area contributed by atoms with Gasteiger partial charge < -0.3 is 15.4 Å². The number of hydrogen-bond acceptors (Lipinski definition) is 5. The number of nitrogens with zero attached hydrogens (tertiary/aromatic N) is 1. The van der Waals surface area contributed by atoms with Crippen LogP contribution in [0.1, 0.15) is 34.6 Å². The first kappa shape index (κ1) is 18.2. The van der Waals surface area contributed by atoms with Crippen molar-refractivity contribution in [1.82, 2.24) is 10.3 Å². The second kappa shape index (κ2) is 7.17. The highest BCUT2D eigenvalue weighted by atomic mass is 32.1. The molecule has 1 heterocycles. The fourth-order valence-corrected chi connectivity index (χ4v) is 2.86. The van der Waals surface area contributed by atoms with Gasteiger partial charge in [0, 0.05) is 6.04 Å². The summed E-state index contributed by atoms with van der Waals surface area (Å²) in [4.78, 5) is 28.5. The number of hydrogen-bond donors (Lipinski definition) is 2. The van der Waals surface area contributed by atoms with Gasteiger partial charge in [0.05, 0.1) is 16.1 Å². The molecule has 0 radical (unpaired) electrons. The Morgan fingerprint density at radius 2 is 1.88 bits per heavy atom. The molecule has 7 heteroatoms. The van der Waals surface area contributed by atoms with Gasteiger partial charge in [-0.25, -0.2) is 9.78 Å². The lowest BCUT2D eigenvalue weighted by atomic mass is 10.0. The van der Waals surface area contributed by atoms with Gasteiger partial charge in [-0.3, -0.25) is 4.79 Å². The Morgan fingerprint density at radius 1 is 1.21 bits per heavy atom. The quantitative estimate of drug-likeness (QED) is 0.880. The number of ether oxygens (including phenoxy) is 1. The fraction of sp³-hybridized carbons (Fsp3) is 0.471. The normalized spacial score (nSPS) is 14.0. The van der Waals surface area contributed by atoms with Crippen molar-refractivity contribution in [2.75, 3.05) is 5.32 Å². The van der Waals surface area contributed by atoms with Crippen LogP contribution in [0.5, 0.6) is 0 Å². The van der Waals surface area contributed by atoms with Crippen LogP contribution < -0.4 is 10.6 Å². The van der Waals surface area contributed by atoms with Crippen molar-refractivity contribution in [3.63, 3.8) is 0 Å². The molecule has 130 valence electrons. The number of alkyl carbamates (subject to hydrolysis) is 1. The monoisotopic (exact) mass is 349 g/mol. The maximum Gasteiger partial charge on any atom is 0.407 e. The number of nitrogens with one attached hydrogen (secondary N) is 2. The standard InChI is InChI=1S/C17H23N3O3S/c1-10(11(2)18-16(22)23-17(3,4)5)14(21)20-15-19-12-8-6-7-9-13(12)24-15/h6-11H,1-5H3,(H,18,22)(H,19,20,21)/t10-,11+/m1/s1. The van der Waals surface area contributed by atoms with Crippen LogP contribution in [-0.2, 0) is 9.53 Å². The van der Waals surface area contributed by atoms with Gasteiger partial charge in [0.2, 0.25) is 5.91 Å². The first-order valence-corrected chi connectivity index (χ1v) is 8.63. The van der Waals surface area contributed by atoms with Crippen LogP contribution in [0.2, 0.25) is 0 Å². The summed E-state index contributed by atoms with van der Waals surface area (Å²) in [6.07, 6.45) is -0.533. The Morgan fingerprint density at radius 3 is 2.50 bits per heavy atom. The van der Waals surface area contributed by atoms with Crippen molar-refractivity contribution in [2.24, 2.45) is 5.92 Å². The van der Waals surface area contributed by atoms with Gasteiger partial charge >= 0.3 is 6.09 Å². The molecule has 0 fully saturated rings. The van der Waals surface area contributed by atoms with E-state index in [1.54, 1.807) is 34.6 Å². The Hall–Kier alpha value is -2.15. The number of para-hydroxylation sites is 1. The molecular formula is C17H23N3O3S. The van der Waals surface area contributed by atoms with Crippen LogP contribution in [0.15, 0.2) is 24.3 Å². The van der Waals surface area contributed by atoms with Crippen molar-refractivity contribution in [2.45, 2.75) is 46.3 Å². The van der Waals surface area contributed by atoms with E-state index in [1.807, 2.05) is 24.3 Å². The van der Waals surface area contributed by atoms with Crippen molar-refractivity contribution >= 4 is 38.7 Å². The van der Waals surface area contributed by atoms with E-state index in [4.69, 9.17) is 4.74 Å². The second-order valence-electron chi connectivity index (χ2n) is 6.70. The highest BCUT2D eigenvalue weighted by Crippen LogP contribution is 2.25. The molecule has 24 heavy (non-hydrogen) atoms. The van der Waals surface area contributed by atoms with E-state index in [2.05, 4.69) is 15.6 Å². The smallest absolute Gasteiger partial charge is 0.407 e. The molecule has 6 nitrogen and oxygen atoms in total. The summed E-state index contributed by atoms with van der Waals surface area (Å²) in [5, 5.41) is 6.05. The van der Waals surface area contributed by atoms with E-state index in [0.717, 1.165) is 10.2 Å². The number of carbonyl (C=O) groups is 2. The summed E-state index contributed by atoms with van der Waals surface area (Å²) in [7, 11) is 0. The van der Waals surface area contributed by atoms with Gasteiger partial charge in [0.25, 0.3) is 0 Å². The Labute approximate surface area is 145 Å². The minimum absolute atomic E-state index is 0.197. The number of amides is 2. The first-order chi connectivity index (χ1) is 11.2. The Bertz CT molecular complexity index is 703. The molecule has 1 aromatic heterocycles. The number of aromatic nitrogens is 1. The van der Waals surface area contributed by atoms with E-state index in [9.17, 15) is 9.59 Å². The molecule has 0 spiro atoms. The fourth-order valence-electron chi connectivity index (χ4n) is 1.99. The number of thiazole rings is 1. The molecular weight excluding hydrogens is 326 g/mol. The topological polar surface area (TPSA) is 80.3 Å². The molecule has 0 aliphatic rings. The Balaban J connectivity index is 1.94. The van der Waals surface area contributed by atoms with Crippen LogP contribution in [-0.4, -0.2) is 28.6 Å². The van der Waals surface area contributed by atoms with E-state index in [-0.39, 0.29) is 11.9 Å². The number of fused-ring (bicyclic) bond motifs is 1. The SMILES string of the molecule is C[C@H](NC(=O)OC(C)(C)C)[C@@H](C)C(=O)Nc1nc2ccccc2s1. The summed E-state index contributed by atoms with van der Waals surface area (Å²) < 4.78 is 6.22. The summed E-state index contributed by atoms with van der Waals surface area (Å²) >= 11 is 1.42. The lowest BCUT2D eigenvalue weighted by molar-refractivity contribution is -0.120. The molecule has 0 saturated carbocycles. The van der Waals surface area contributed by atoms with Crippen LogP contribution in [0, 0.1) is 5.92 Å². The minimum Gasteiger partial charge on any atom is -0.444 e. The summed E-state index contributed by atoms with van der Waals surface area (Å²) in [5.41, 5.74) is 0.279. The van der Waals surface area contributed by atoms with Crippen molar-refractivity contribution in [3.8, 4) is 0 Å². The van der Waals surface area contributed by atoms with Gasteiger partial charge in [-0.05, 0) is 39.8 Å². The highest BCUT2D eigenvalue weighted by Gasteiger charge is 2.25. The van der Waals surface area contributed by atoms with Gasteiger partial charge in [-0.2, -0.15) is 0 Å². The van der Waals surface area contributed by atoms with Gasteiger partial charge in [-0.15, -0.1) is 0 Å². The molecule has 0 saturated heterocycles. The largest absolute Gasteiger partial charge is 0.444 e. The van der Waals surface area contributed by atoms with Gasteiger partial charge in [0.1, 0.15) is 5.60 Å². The van der Waals surface area contributed by atoms with Crippen LogP contribution in [0.3, 0.4) is 0 Å². The van der Waals surface area contributed by atoms with Crippen LogP contribution in [0.4, 0.5) is 9.93 Å². The number of rotatable bonds is 4. The average molecular weight is 349 g/mol. The summed E-state index contributed by atoms with van der Waals surface area (Å²) in [6.45, 7) is 8.90. The third-order valence-electron chi connectivity index (χ3n) is 3.43. The zero-order chi connectivity index (χ0) is 17.9. The molecule has 1 aromatic carbocycles. The molecule has 0 bridgehead atoms. The number of benzene rings is 1.